The van der Waals surface area contributed by atoms with E-state index in [1.807, 2.05) is 31.1 Å². The van der Waals surface area contributed by atoms with Gasteiger partial charge in [-0.25, -0.2) is 0 Å². The number of rotatable bonds is 4. The summed E-state index contributed by atoms with van der Waals surface area (Å²) in [6.45, 7) is 2.14. The van der Waals surface area contributed by atoms with Crippen LogP contribution in [0.2, 0.25) is 0 Å². The fraction of sp³-hybridized carbons (Fsp3) is 0.357. The number of hydrogen-bond acceptors (Lipinski definition) is 5. The van der Waals surface area contributed by atoms with E-state index in [4.69, 9.17) is 0 Å². The molecular weight excluding hydrogens is 238 g/mol. The van der Waals surface area contributed by atoms with Gasteiger partial charge in [0.15, 0.2) is 5.82 Å². The number of hydrogen-bond donors (Lipinski definition) is 1. The van der Waals surface area contributed by atoms with Crippen LogP contribution in [0.3, 0.4) is 0 Å². The van der Waals surface area contributed by atoms with Crippen LogP contribution in [0.25, 0.3) is 11.4 Å². The minimum atomic E-state index is 0.579. The second-order valence-electron chi connectivity index (χ2n) is 4.48. The largest absolute Gasteiger partial charge is 0.357 e. The zero-order valence-electron chi connectivity index (χ0n) is 11.8. The van der Waals surface area contributed by atoms with Crippen molar-refractivity contribution in [2.45, 2.75) is 13.3 Å². The summed E-state index contributed by atoms with van der Waals surface area (Å²) in [7, 11) is 5.64. The first kappa shape index (κ1) is 13.3. The summed E-state index contributed by atoms with van der Waals surface area (Å²) < 4.78 is 0. The Morgan fingerprint density at radius 1 is 1.16 bits per heavy atom. The third kappa shape index (κ3) is 2.99. The van der Waals surface area contributed by atoms with E-state index in [1.54, 1.807) is 7.05 Å². The highest BCUT2D eigenvalue weighted by molar-refractivity contribution is 5.59. The van der Waals surface area contributed by atoms with Gasteiger partial charge in [0, 0.05) is 26.7 Å². The molecule has 2 rings (SSSR count). The Hall–Kier alpha value is -2.17. The van der Waals surface area contributed by atoms with E-state index in [0.717, 1.165) is 12.0 Å². The van der Waals surface area contributed by atoms with Crippen molar-refractivity contribution in [1.82, 2.24) is 15.0 Å². The molecular formula is C14H19N5. The lowest BCUT2D eigenvalue weighted by Crippen LogP contribution is -2.15. The molecule has 0 saturated heterocycles. The van der Waals surface area contributed by atoms with E-state index in [0.29, 0.717) is 17.7 Å². The monoisotopic (exact) mass is 257 g/mol. The van der Waals surface area contributed by atoms with Crippen molar-refractivity contribution >= 4 is 11.9 Å². The second kappa shape index (κ2) is 5.65. The summed E-state index contributed by atoms with van der Waals surface area (Å²) in [4.78, 5) is 15.1. The lowest BCUT2D eigenvalue weighted by atomic mass is 10.1. The fourth-order valence-electron chi connectivity index (χ4n) is 1.74. The van der Waals surface area contributed by atoms with E-state index in [2.05, 4.69) is 39.3 Å². The van der Waals surface area contributed by atoms with Crippen LogP contribution in [0.5, 0.6) is 0 Å². The molecule has 1 aromatic carbocycles. The third-order valence-corrected chi connectivity index (χ3v) is 2.84. The lowest BCUT2D eigenvalue weighted by Gasteiger charge is -2.12. The van der Waals surface area contributed by atoms with Gasteiger partial charge >= 0.3 is 0 Å². The van der Waals surface area contributed by atoms with Crippen LogP contribution in [-0.4, -0.2) is 36.1 Å². The summed E-state index contributed by atoms with van der Waals surface area (Å²) in [5.41, 5.74) is 2.29. The number of nitrogens with one attached hydrogen (secondary N) is 1. The van der Waals surface area contributed by atoms with E-state index in [1.165, 1.54) is 5.56 Å². The first-order valence-corrected chi connectivity index (χ1v) is 6.34. The van der Waals surface area contributed by atoms with Gasteiger partial charge < -0.3 is 10.2 Å². The molecule has 0 fully saturated rings. The van der Waals surface area contributed by atoms with Gasteiger partial charge in [0.05, 0.1) is 0 Å². The molecule has 0 aliphatic rings. The van der Waals surface area contributed by atoms with Crippen LogP contribution < -0.4 is 10.2 Å². The van der Waals surface area contributed by atoms with Crippen molar-refractivity contribution < 1.29 is 0 Å². The van der Waals surface area contributed by atoms with Gasteiger partial charge in [-0.2, -0.15) is 15.0 Å². The fourth-order valence-corrected chi connectivity index (χ4v) is 1.74. The summed E-state index contributed by atoms with van der Waals surface area (Å²) >= 11 is 0. The predicted molar refractivity (Wildman–Crippen MR) is 78.5 cm³/mol. The highest BCUT2D eigenvalue weighted by Crippen LogP contribution is 2.20. The van der Waals surface area contributed by atoms with E-state index < -0.39 is 0 Å². The van der Waals surface area contributed by atoms with Crippen LogP contribution in [0.1, 0.15) is 12.5 Å². The SMILES string of the molecule is CCc1cccc(-c2nc(NC)nc(N(C)C)n2)c1. The maximum absolute atomic E-state index is 4.49. The van der Waals surface area contributed by atoms with Crippen LogP contribution in [0, 0.1) is 0 Å². The molecule has 0 spiro atoms. The molecule has 5 heteroatoms. The standard InChI is InChI=1S/C14H19N5/c1-5-10-7-6-8-11(9-10)12-16-13(15-2)18-14(17-12)19(3)4/h6-9H,5H2,1-4H3,(H,15,16,17,18). The van der Waals surface area contributed by atoms with Crippen molar-refractivity contribution in [2.24, 2.45) is 0 Å². The number of anilines is 2. The van der Waals surface area contributed by atoms with E-state index >= 15 is 0 Å². The topological polar surface area (TPSA) is 53.9 Å². The van der Waals surface area contributed by atoms with Crippen molar-refractivity contribution in [3.05, 3.63) is 29.8 Å². The molecule has 5 nitrogen and oxygen atoms in total. The van der Waals surface area contributed by atoms with Gasteiger partial charge in [-0.05, 0) is 18.1 Å². The Balaban J connectivity index is 2.50. The molecule has 0 aliphatic carbocycles. The molecule has 1 aromatic heterocycles. The molecule has 0 saturated carbocycles. The van der Waals surface area contributed by atoms with E-state index in [9.17, 15) is 0 Å². The molecule has 0 radical (unpaired) electrons. The quantitative estimate of drug-likeness (QED) is 0.910. The zero-order valence-corrected chi connectivity index (χ0v) is 11.8. The van der Waals surface area contributed by atoms with Crippen molar-refractivity contribution in [3.63, 3.8) is 0 Å². The molecule has 1 N–H and O–H groups in total. The summed E-state index contributed by atoms with van der Waals surface area (Å²) in [6, 6.07) is 8.28. The van der Waals surface area contributed by atoms with Crippen LogP contribution in [0.15, 0.2) is 24.3 Å². The van der Waals surface area contributed by atoms with Crippen LogP contribution >= 0.6 is 0 Å². The Morgan fingerprint density at radius 2 is 1.95 bits per heavy atom. The summed E-state index contributed by atoms with van der Waals surface area (Å²) in [6.07, 6.45) is 0.998. The highest BCUT2D eigenvalue weighted by atomic mass is 15.3. The number of nitrogens with zero attached hydrogens (tertiary/aromatic N) is 4. The molecule has 0 bridgehead atoms. The molecule has 1 heterocycles. The van der Waals surface area contributed by atoms with Crippen molar-refractivity contribution in [3.8, 4) is 11.4 Å². The van der Waals surface area contributed by atoms with E-state index in [-0.39, 0.29) is 0 Å². The number of aryl methyl sites for hydroxylation is 1. The average Bonchev–Trinajstić information content (AvgIpc) is 2.46. The molecule has 0 aliphatic heterocycles. The normalized spacial score (nSPS) is 10.3. The minimum Gasteiger partial charge on any atom is -0.357 e. The molecule has 19 heavy (non-hydrogen) atoms. The van der Waals surface area contributed by atoms with Gasteiger partial charge in [-0.1, -0.05) is 25.1 Å². The first-order chi connectivity index (χ1) is 9.13. The molecule has 0 amide bonds. The lowest BCUT2D eigenvalue weighted by molar-refractivity contribution is 0.963. The van der Waals surface area contributed by atoms with Crippen molar-refractivity contribution in [2.75, 3.05) is 31.4 Å². The first-order valence-electron chi connectivity index (χ1n) is 6.34. The summed E-state index contributed by atoms with van der Waals surface area (Å²) in [5.74, 6) is 1.92. The summed E-state index contributed by atoms with van der Waals surface area (Å²) in [5, 5.41) is 2.97. The third-order valence-electron chi connectivity index (χ3n) is 2.84. The Kier molecular flexibility index (Phi) is 3.94. The molecule has 0 atom stereocenters. The van der Waals surface area contributed by atoms with Gasteiger partial charge in [-0.15, -0.1) is 0 Å². The number of benzene rings is 1. The molecule has 100 valence electrons. The Morgan fingerprint density at radius 3 is 2.58 bits per heavy atom. The number of aromatic nitrogens is 3. The van der Waals surface area contributed by atoms with Gasteiger partial charge in [0.25, 0.3) is 0 Å². The second-order valence-corrected chi connectivity index (χ2v) is 4.48. The maximum Gasteiger partial charge on any atom is 0.230 e. The van der Waals surface area contributed by atoms with Crippen LogP contribution in [-0.2, 0) is 6.42 Å². The molecule has 2 aromatic rings. The smallest absolute Gasteiger partial charge is 0.230 e. The van der Waals surface area contributed by atoms with Gasteiger partial charge in [0.2, 0.25) is 11.9 Å². The minimum absolute atomic E-state index is 0.579. The predicted octanol–water partition coefficient (Wildman–Crippen LogP) is 2.21. The zero-order chi connectivity index (χ0) is 13.8. The van der Waals surface area contributed by atoms with Crippen molar-refractivity contribution in [1.29, 1.82) is 0 Å². The van der Waals surface area contributed by atoms with Crippen LogP contribution in [0.4, 0.5) is 11.9 Å². The average molecular weight is 257 g/mol. The Bertz CT molecular complexity index is 566. The maximum atomic E-state index is 4.49. The van der Waals surface area contributed by atoms with Gasteiger partial charge in [0.1, 0.15) is 0 Å². The molecule has 0 unspecified atom stereocenters. The highest BCUT2D eigenvalue weighted by Gasteiger charge is 2.09. The Labute approximate surface area is 113 Å². The van der Waals surface area contributed by atoms with Gasteiger partial charge in [-0.3, -0.25) is 0 Å².